The van der Waals surface area contributed by atoms with Gasteiger partial charge in [-0.2, -0.15) is 0 Å². The molecule has 1 heterocycles. The fourth-order valence-electron chi connectivity index (χ4n) is 3.16. The first kappa shape index (κ1) is 13.5. The maximum absolute atomic E-state index is 12.0. The summed E-state index contributed by atoms with van der Waals surface area (Å²) in [5.41, 5.74) is 5.96. The van der Waals surface area contributed by atoms with Crippen molar-refractivity contribution in [3.8, 4) is 0 Å². The number of nitrogens with two attached hydrogens (primary N) is 1. The van der Waals surface area contributed by atoms with Crippen LogP contribution in [0.4, 0.5) is 0 Å². The molecule has 4 nitrogen and oxygen atoms in total. The summed E-state index contributed by atoms with van der Waals surface area (Å²) >= 11 is 0. The quantitative estimate of drug-likeness (QED) is 0.777. The Morgan fingerprint density at radius 3 is 2.22 bits per heavy atom. The molecular weight excluding hydrogens is 228 g/mol. The molecule has 2 fully saturated rings. The van der Waals surface area contributed by atoms with Gasteiger partial charge in [0.05, 0.1) is 0 Å². The third-order valence-electron chi connectivity index (χ3n) is 4.26. The Bertz CT molecular complexity index is 326. The monoisotopic (exact) mass is 252 g/mol. The number of likely N-dealkylation sites (tertiary alicyclic amines) is 1. The van der Waals surface area contributed by atoms with Gasteiger partial charge in [0.25, 0.3) is 0 Å². The lowest BCUT2D eigenvalue weighted by atomic mass is 9.81. The van der Waals surface area contributed by atoms with Crippen molar-refractivity contribution in [2.24, 2.45) is 17.1 Å². The highest BCUT2D eigenvalue weighted by Crippen LogP contribution is 2.33. The Labute approximate surface area is 109 Å². The minimum absolute atomic E-state index is 0.0402. The third kappa shape index (κ3) is 2.91. The Morgan fingerprint density at radius 2 is 1.72 bits per heavy atom. The van der Waals surface area contributed by atoms with Gasteiger partial charge < -0.3 is 5.73 Å². The van der Waals surface area contributed by atoms with E-state index in [9.17, 15) is 9.59 Å². The molecule has 2 rings (SSSR count). The van der Waals surface area contributed by atoms with Crippen LogP contribution in [0.25, 0.3) is 0 Å². The number of carbonyl (C=O) groups is 2. The molecular formula is C14H24N2O2. The van der Waals surface area contributed by atoms with Crippen molar-refractivity contribution in [2.45, 2.75) is 58.4 Å². The van der Waals surface area contributed by atoms with Gasteiger partial charge >= 0.3 is 0 Å². The fourth-order valence-corrected chi connectivity index (χ4v) is 3.16. The van der Waals surface area contributed by atoms with Crippen LogP contribution in [0.15, 0.2) is 0 Å². The molecule has 0 aromatic carbocycles. The van der Waals surface area contributed by atoms with E-state index in [0.29, 0.717) is 25.3 Å². The second kappa shape index (κ2) is 5.00. The van der Waals surface area contributed by atoms with Crippen LogP contribution in [0.2, 0.25) is 0 Å². The minimum atomic E-state index is -0.192. The highest BCUT2D eigenvalue weighted by atomic mass is 16.2. The SMILES string of the molecule is CC1(C)CC(=O)N(CC(N)C2CCCC2)C(=O)C1. The largest absolute Gasteiger partial charge is 0.326 e. The first-order chi connectivity index (χ1) is 8.39. The van der Waals surface area contributed by atoms with Crippen molar-refractivity contribution in [1.82, 2.24) is 4.90 Å². The van der Waals surface area contributed by atoms with Gasteiger partial charge in [0.1, 0.15) is 0 Å². The summed E-state index contributed by atoms with van der Waals surface area (Å²) in [6, 6.07) is -0.0402. The van der Waals surface area contributed by atoms with Crippen LogP contribution in [-0.2, 0) is 9.59 Å². The van der Waals surface area contributed by atoms with Crippen molar-refractivity contribution in [3.63, 3.8) is 0 Å². The van der Waals surface area contributed by atoms with E-state index in [4.69, 9.17) is 5.73 Å². The van der Waals surface area contributed by atoms with E-state index in [-0.39, 0.29) is 23.3 Å². The number of imide groups is 1. The predicted molar refractivity (Wildman–Crippen MR) is 69.7 cm³/mol. The average molecular weight is 252 g/mol. The lowest BCUT2D eigenvalue weighted by Crippen LogP contribution is -2.51. The maximum atomic E-state index is 12.0. The molecule has 1 atom stereocenters. The number of hydrogen-bond donors (Lipinski definition) is 1. The zero-order valence-corrected chi connectivity index (χ0v) is 11.4. The first-order valence-corrected chi connectivity index (χ1v) is 6.98. The molecule has 0 aromatic heterocycles. The normalized spacial score (nSPS) is 26.7. The van der Waals surface area contributed by atoms with Crippen molar-refractivity contribution in [3.05, 3.63) is 0 Å². The lowest BCUT2D eigenvalue weighted by Gasteiger charge is -2.36. The Balaban J connectivity index is 1.96. The Morgan fingerprint density at radius 1 is 1.22 bits per heavy atom. The number of piperidine rings is 1. The van der Waals surface area contributed by atoms with Gasteiger partial charge in [-0.25, -0.2) is 0 Å². The molecule has 1 saturated heterocycles. The molecule has 0 radical (unpaired) electrons. The van der Waals surface area contributed by atoms with Gasteiger partial charge in [0, 0.05) is 25.4 Å². The molecule has 102 valence electrons. The van der Waals surface area contributed by atoms with E-state index in [1.165, 1.54) is 17.7 Å². The van der Waals surface area contributed by atoms with Crippen LogP contribution in [0.5, 0.6) is 0 Å². The fraction of sp³-hybridized carbons (Fsp3) is 0.857. The molecule has 1 aliphatic carbocycles. The van der Waals surface area contributed by atoms with Gasteiger partial charge in [0.15, 0.2) is 0 Å². The van der Waals surface area contributed by atoms with Gasteiger partial charge in [-0.05, 0) is 24.2 Å². The van der Waals surface area contributed by atoms with Crippen molar-refractivity contribution in [1.29, 1.82) is 0 Å². The van der Waals surface area contributed by atoms with E-state index in [1.54, 1.807) is 0 Å². The minimum Gasteiger partial charge on any atom is -0.326 e. The second-order valence-electron chi connectivity index (χ2n) is 6.62. The van der Waals surface area contributed by atoms with Crippen LogP contribution in [0, 0.1) is 11.3 Å². The van der Waals surface area contributed by atoms with Gasteiger partial charge in [-0.3, -0.25) is 14.5 Å². The average Bonchev–Trinajstić information content (AvgIpc) is 2.75. The van der Waals surface area contributed by atoms with E-state index in [2.05, 4.69) is 0 Å². The van der Waals surface area contributed by atoms with E-state index < -0.39 is 0 Å². The molecule has 4 heteroatoms. The van der Waals surface area contributed by atoms with Crippen LogP contribution >= 0.6 is 0 Å². The summed E-state index contributed by atoms with van der Waals surface area (Å²) in [4.78, 5) is 25.4. The molecule has 2 aliphatic rings. The van der Waals surface area contributed by atoms with Gasteiger partial charge in [-0.1, -0.05) is 26.7 Å². The number of nitrogens with zero attached hydrogens (tertiary/aromatic N) is 1. The van der Waals surface area contributed by atoms with E-state index in [0.717, 1.165) is 12.8 Å². The zero-order chi connectivity index (χ0) is 13.3. The lowest BCUT2D eigenvalue weighted by molar-refractivity contribution is -0.152. The molecule has 0 aromatic rings. The van der Waals surface area contributed by atoms with Crippen molar-refractivity contribution in [2.75, 3.05) is 6.54 Å². The summed E-state index contributed by atoms with van der Waals surface area (Å²) in [6.45, 7) is 4.35. The molecule has 1 unspecified atom stereocenters. The zero-order valence-electron chi connectivity index (χ0n) is 11.4. The molecule has 0 spiro atoms. The van der Waals surface area contributed by atoms with Crippen molar-refractivity contribution >= 4 is 11.8 Å². The standard InChI is InChI=1S/C14H24N2O2/c1-14(2)7-12(17)16(13(18)8-14)9-11(15)10-5-3-4-6-10/h10-11H,3-9,15H2,1-2H3. The third-order valence-corrected chi connectivity index (χ3v) is 4.26. The Hall–Kier alpha value is -0.900. The highest BCUT2D eigenvalue weighted by Gasteiger charge is 2.38. The molecule has 1 saturated carbocycles. The number of amides is 2. The summed E-state index contributed by atoms with van der Waals surface area (Å²) < 4.78 is 0. The van der Waals surface area contributed by atoms with Crippen molar-refractivity contribution < 1.29 is 9.59 Å². The summed E-state index contributed by atoms with van der Waals surface area (Å²) in [5, 5.41) is 0. The number of hydrogen-bond acceptors (Lipinski definition) is 3. The smallest absolute Gasteiger partial charge is 0.229 e. The molecule has 0 bridgehead atoms. The van der Waals surface area contributed by atoms with Gasteiger partial charge in [0.2, 0.25) is 11.8 Å². The molecule has 18 heavy (non-hydrogen) atoms. The predicted octanol–water partition coefficient (Wildman–Crippen LogP) is 1.68. The second-order valence-corrected chi connectivity index (χ2v) is 6.62. The van der Waals surface area contributed by atoms with Gasteiger partial charge in [-0.15, -0.1) is 0 Å². The molecule has 2 N–H and O–H groups in total. The topological polar surface area (TPSA) is 63.4 Å². The summed E-state index contributed by atoms with van der Waals surface area (Å²) in [7, 11) is 0. The van der Waals surface area contributed by atoms with Crippen LogP contribution in [0.1, 0.15) is 52.4 Å². The number of carbonyl (C=O) groups excluding carboxylic acids is 2. The van der Waals surface area contributed by atoms with Crippen LogP contribution in [0.3, 0.4) is 0 Å². The highest BCUT2D eigenvalue weighted by molar-refractivity contribution is 5.98. The molecule has 2 amide bonds. The maximum Gasteiger partial charge on any atom is 0.229 e. The van der Waals surface area contributed by atoms with E-state index >= 15 is 0 Å². The summed E-state index contributed by atoms with van der Waals surface area (Å²) in [6.07, 6.45) is 5.65. The Kier molecular flexibility index (Phi) is 3.76. The summed E-state index contributed by atoms with van der Waals surface area (Å²) in [5.74, 6) is 0.384. The molecule has 1 aliphatic heterocycles. The first-order valence-electron chi connectivity index (χ1n) is 6.98. The van der Waals surface area contributed by atoms with Crippen LogP contribution in [-0.4, -0.2) is 29.3 Å². The van der Waals surface area contributed by atoms with E-state index in [1.807, 2.05) is 13.8 Å². The number of rotatable bonds is 3. The van der Waals surface area contributed by atoms with Crippen LogP contribution < -0.4 is 5.73 Å².